The number of benzene rings is 2. The van der Waals surface area contributed by atoms with Gasteiger partial charge in [0.05, 0.1) is 11.2 Å². The molecule has 0 aliphatic carbocycles. The monoisotopic (exact) mass is 441 g/mol. The molecule has 0 radical (unpaired) electrons. The second-order valence-corrected chi connectivity index (χ2v) is 8.35. The Hall–Kier alpha value is -2.77. The maximum Gasteiger partial charge on any atom is 0.226 e. The molecule has 1 aromatic heterocycles. The molecule has 6 nitrogen and oxygen atoms in total. The van der Waals surface area contributed by atoms with E-state index in [-0.39, 0.29) is 12.3 Å². The van der Waals surface area contributed by atoms with Crippen molar-refractivity contribution < 1.29 is 9.18 Å². The van der Waals surface area contributed by atoms with E-state index in [1.54, 1.807) is 12.1 Å². The first-order valence-corrected chi connectivity index (χ1v) is 10.7. The molecule has 1 N–H and O–H groups in total. The van der Waals surface area contributed by atoms with Crippen LogP contribution < -0.4 is 10.2 Å². The Kier molecular flexibility index (Phi) is 6.34. The third-order valence-corrected chi connectivity index (χ3v) is 5.82. The van der Waals surface area contributed by atoms with Crippen molar-refractivity contribution in [2.45, 2.75) is 19.8 Å². The largest absolute Gasteiger partial charge is 0.338 e. The van der Waals surface area contributed by atoms with Gasteiger partial charge in [-0.3, -0.25) is 4.79 Å². The van der Waals surface area contributed by atoms with Crippen LogP contribution in [0.3, 0.4) is 0 Å². The van der Waals surface area contributed by atoms with E-state index < -0.39 is 5.82 Å². The van der Waals surface area contributed by atoms with E-state index in [1.165, 1.54) is 6.07 Å². The van der Waals surface area contributed by atoms with Gasteiger partial charge in [-0.05, 0) is 56.3 Å². The SMILES string of the molecule is Cc1nc(N2CCN(C)CC2)nc2ccc(NC(=O)CCc3ccc(Cl)cc3F)cc12. The normalized spacial score (nSPS) is 14.8. The first-order valence-electron chi connectivity index (χ1n) is 10.3. The molecule has 4 rings (SSSR count). The molecule has 2 aromatic carbocycles. The topological polar surface area (TPSA) is 61.4 Å². The van der Waals surface area contributed by atoms with Gasteiger partial charge in [0.25, 0.3) is 0 Å². The van der Waals surface area contributed by atoms with Crippen LogP contribution in [0.25, 0.3) is 10.9 Å². The molecule has 0 atom stereocenters. The first kappa shape index (κ1) is 21.5. The van der Waals surface area contributed by atoms with Gasteiger partial charge in [-0.15, -0.1) is 0 Å². The second-order valence-electron chi connectivity index (χ2n) is 7.92. The summed E-state index contributed by atoms with van der Waals surface area (Å²) < 4.78 is 13.9. The lowest BCUT2D eigenvalue weighted by Crippen LogP contribution is -2.45. The Morgan fingerprint density at radius 2 is 1.90 bits per heavy atom. The van der Waals surface area contributed by atoms with Gasteiger partial charge < -0.3 is 15.1 Å². The van der Waals surface area contributed by atoms with Crippen LogP contribution in [0.4, 0.5) is 16.0 Å². The zero-order valence-electron chi connectivity index (χ0n) is 17.7. The van der Waals surface area contributed by atoms with E-state index >= 15 is 0 Å². The highest BCUT2D eigenvalue weighted by Crippen LogP contribution is 2.24. The number of aryl methyl sites for hydroxylation is 2. The molecule has 1 saturated heterocycles. The Balaban J connectivity index is 1.44. The highest BCUT2D eigenvalue weighted by Gasteiger charge is 2.18. The van der Waals surface area contributed by atoms with E-state index in [0.717, 1.165) is 48.7 Å². The van der Waals surface area contributed by atoms with Crippen molar-refractivity contribution in [1.29, 1.82) is 0 Å². The number of rotatable bonds is 5. The maximum absolute atomic E-state index is 13.9. The summed E-state index contributed by atoms with van der Waals surface area (Å²) in [7, 11) is 2.12. The van der Waals surface area contributed by atoms with E-state index in [0.29, 0.717) is 22.7 Å². The minimum absolute atomic E-state index is 0.175. The van der Waals surface area contributed by atoms with Crippen molar-refractivity contribution in [3.8, 4) is 0 Å². The molecular formula is C23H25ClFN5O. The molecule has 31 heavy (non-hydrogen) atoms. The molecule has 2 heterocycles. The number of amides is 1. The molecule has 1 fully saturated rings. The van der Waals surface area contributed by atoms with Gasteiger partial charge >= 0.3 is 0 Å². The lowest BCUT2D eigenvalue weighted by atomic mass is 10.1. The van der Waals surface area contributed by atoms with Gasteiger partial charge in [0.2, 0.25) is 11.9 Å². The minimum atomic E-state index is -0.394. The number of likely N-dealkylation sites (N-methyl/N-ethyl adjacent to an activating group) is 1. The smallest absolute Gasteiger partial charge is 0.226 e. The molecule has 3 aromatic rings. The number of nitrogens with one attached hydrogen (secondary N) is 1. The molecule has 8 heteroatoms. The quantitative estimate of drug-likeness (QED) is 0.647. The summed E-state index contributed by atoms with van der Waals surface area (Å²) in [5, 5.41) is 4.13. The van der Waals surface area contributed by atoms with Crippen LogP contribution in [0.5, 0.6) is 0 Å². The number of fused-ring (bicyclic) bond motifs is 1. The number of aromatic nitrogens is 2. The number of hydrogen-bond donors (Lipinski definition) is 1. The van der Waals surface area contributed by atoms with Crippen molar-refractivity contribution in [3.05, 3.63) is 58.5 Å². The van der Waals surface area contributed by atoms with Crippen molar-refractivity contribution >= 4 is 40.0 Å². The summed E-state index contributed by atoms with van der Waals surface area (Å²) in [6.07, 6.45) is 0.480. The van der Waals surface area contributed by atoms with Crippen LogP contribution >= 0.6 is 11.6 Å². The molecule has 1 aliphatic rings. The summed E-state index contributed by atoms with van der Waals surface area (Å²) in [6, 6.07) is 10.1. The van der Waals surface area contributed by atoms with Gasteiger partial charge in [-0.1, -0.05) is 17.7 Å². The summed E-state index contributed by atoms with van der Waals surface area (Å²) in [6.45, 7) is 5.75. The summed E-state index contributed by atoms with van der Waals surface area (Å²) in [5.41, 5.74) is 2.87. The fraction of sp³-hybridized carbons (Fsp3) is 0.348. The lowest BCUT2D eigenvalue weighted by molar-refractivity contribution is -0.116. The van der Waals surface area contributed by atoms with Crippen molar-refractivity contribution in [2.24, 2.45) is 0 Å². The van der Waals surface area contributed by atoms with Crippen LogP contribution in [0, 0.1) is 12.7 Å². The average Bonchev–Trinajstić information content (AvgIpc) is 2.74. The number of carbonyl (C=O) groups is 1. The molecule has 0 saturated carbocycles. The van der Waals surface area contributed by atoms with Gasteiger partial charge in [0, 0.05) is 48.7 Å². The van der Waals surface area contributed by atoms with E-state index in [2.05, 4.69) is 22.2 Å². The van der Waals surface area contributed by atoms with E-state index in [1.807, 2.05) is 25.1 Å². The molecule has 1 amide bonds. The minimum Gasteiger partial charge on any atom is -0.338 e. The third kappa shape index (κ3) is 5.11. The molecule has 0 spiro atoms. The standard InChI is InChI=1S/C23H25ClFN5O/c1-15-19-14-18(27-22(31)8-4-16-3-5-17(24)13-20(16)25)6-7-21(19)28-23(26-15)30-11-9-29(2)10-12-30/h3,5-7,13-14H,4,8-12H2,1-2H3,(H,27,31). The second kappa shape index (κ2) is 9.16. The van der Waals surface area contributed by atoms with Crippen molar-refractivity contribution in [3.63, 3.8) is 0 Å². The lowest BCUT2D eigenvalue weighted by Gasteiger charge is -2.32. The number of halogens is 2. The van der Waals surface area contributed by atoms with Crippen LogP contribution in [-0.2, 0) is 11.2 Å². The molecule has 162 valence electrons. The summed E-state index contributed by atoms with van der Waals surface area (Å²) in [4.78, 5) is 26.3. The Labute approximate surface area is 186 Å². The highest BCUT2D eigenvalue weighted by atomic mass is 35.5. The number of hydrogen-bond acceptors (Lipinski definition) is 5. The fourth-order valence-corrected chi connectivity index (χ4v) is 3.85. The molecule has 0 bridgehead atoms. The maximum atomic E-state index is 13.9. The Morgan fingerprint density at radius 1 is 1.13 bits per heavy atom. The van der Waals surface area contributed by atoms with E-state index in [9.17, 15) is 9.18 Å². The van der Waals surface area contributed by atoms with Crippen LogP contribution in [0.1, 0.15) is 17.7 Å². The third-order valence-electron chi connectivity index (χ3n) is 5.58. The number of nitrogens with zero attached hydrogens (tertiary/aromatic N) is 4. The van der Waals surface area contributed by atoms with Crippen molar-refractivity contribution in [2.75, 3.05) is 43.4 Å². The van der Waals surface area contributed by atoms with Gasteiger partial charge in [-0.2, -0.15) is 0 Å². The molecule has 0 unspecified atom stereocenters. The summed E-state index contributed by atoms with van der Waals surface area (Å²) >= 11 is 5.77. The number of piperazine rings is 1. The van der Waals surface area contributed by atoms with Crippen LogP contribution in [0.15, 0.2) is 36.4 Å². The number of anilines is 2. The molecule has 1 aliphatic heterocycles. The number of carbonyl (C=O) groups excluding carboxylic acids is 1. The fourth-order valence-electron chi connectivity index (χ4n) is 3.69. The predicted molar refractivity (Wildman–Crippen MR) is 122 cm³/mol. The van der Waals surface area contributed by atoms with Crippen LogP contribution in [-0.4, -0.2) is 54.0 Å². The average molecular weight is 442 g/mol. The van der Waals surface area contributed by atoms with Gasteiger partial charge in [-0.25, -0.2) is 14.4 Å². The zero-order chi connectivity index (χ0) is 22.0. The highest BCUT2D eigenvalue weighted by molar-refractivity contribution is 6.30. The van der Waals surface area contributed by atoms with Crippen LogP contribution in [0.2, 0.25) is 5.02 Å². The first-order chi connectivity index (χ1) is 14.9. The van der Waals surface area contributed by atoms with E-state index in [4.69, 9.17) is 21.6 Å². The van der Waals surface area contributed by atoms with Gasteiger partial charge in [0.1, 0.15) is 5.82 Å². The zero-order valence-corrected chi connectivity index (χ0v) is 18.4. The predicted octanol–water partition coefficient (Wildman–Crippen LogP) is 4.05. The Bertz CT molecular complexity index is 1110. The Morgan fingerprint density at radius 3 is 2.65 bits per heavy atom. The van der Waals surface area contributed by atoms with Crippen molar-refractivity contribution in [1.82, 2.24) is 14.9 Å². The summed E-state index contributed by atoms with van der Waals surface area (Å²) in [5.74, 6) is 0.177. The molecular weight excluding hydrogens is 417 g/mol. The van der Waals surface area contributed by atoms with Gasteiger partial charge in [0.15, 0.2) is 0 Å².